The summed E-state index contributed by atoms with van der Waals surface area (Å²) < 4.78 is 1.88. The van der Waals surface area contributed by atoms with Crippen molar-refractivity contribution in [1.82, 2.24) is 0 Å². The van der Waals surface area contributed by atoms with E-state index in [-0.39, 0.29) is 5.91 Å². The molecule has 2 aromatic rings. The summed E-state index contributed by atoms with van der Waals surface area (Å²) in [7, 11) is 1.90. The third-order valence-corrected chi connectivity index (χ3v) is 4.63. The lowest BCUT2D eigenvalue weighted by molar-refractivity contribution is -0.495. The predicted molar refractivity (Wildman–Crippen MR) is 103 cm³/mol. The Labute approximate surface area is 149 Å². The first-order chi connectivity index (χ1) is 12.0. The Hall–Kier alpha value is -2.75. The lowest BCUT2D eigenvalue weighted by Crippen LogP contribution is -2.35. The fraction of sp³-hybridized carbons (Fsp3) is 0.286. The number of para-hydroxylation sites is 1. The molecule has 3 rings (SSSR count). The van der Waals surface area contributed by atoms with Crippen LogP contribution in [0, 0.1) is 0 Å². The summed E-state index contributed by atoms with van der Waals surface area (Å²) >= 11 is 0. The zero-order chi connectivity index (χ0) is 18.0. The molecule has 1 atom stereocenters. The van der Waals surface area contributed by atoms with E-state index in [9.17, 15) is 4.79 Å². The first-order valence-corrected chi connectivity index (χ1v) is 8.58. The molecule has 0 unspecified atom stereocenters. The third-order valence-electron chi connectivity index (χ3n) is 4.63. The molecule has 0 aromatic heterocycles. The summed E-state index contributed by atoms with van der Waals surface area (Å²) in [5, 5.41) is 1.68. The van der Waals surface area contributed by atoms with E-state index in [4.69, 9.17) is 0 Å². The van der Waals surface area contributed by atoms with Crippen LogP contribution in [0.3, 0.4) is 0 Å². The smallest absolute Gasteiger partial charge is 0.268 e. The average molecular weight is 334 g/mol. The maximum absolute atomic E-state index is 12.8. The first kappa shape index (κ1) is 17.1. The van der Waals surface area contributed by atoms with Gasteiger partial charge in [0.15, 0.2) is 7.05 Å². The van der Waals surface area contributed by atoms with E-state index in [0.717, 1.165) is 17.0 Å². The van der Waals surface area contributed by atoms with Crippen molar-refractivity contribution < 1.29 is 9.48 Å². The maximum Gasteiger partial charge on any atom is 0.318 e. The molecule has 2 aromatic carbocycles. The van der Waals surface area contributed by atoms with Crippen LogP contribution in [-0.4, -0.2) is 35.6 Å². The molecule has 0 N–H and O–H groups in total. The van der Waals surface area contributed by atoms with Gasteiger partial charge < -0.3 is 0 Å². The van der Waals surface area contributed by atoms with Crippen LogP contribution in [0.1, 0.15) is 37.8 Å². The normalized spacial score (nSPS) is 18.0. The van der Waals surface area contributed by atoms with E-state index in [0.29, 0.717) is 5.92 Å². The zero-order valence-electron chi connectivity index (χ0n) is 15.2. The topological polar surface area (TPSA) is 35.7 Å². The Bertz CT molecular complexity index is 820. The molecule has 0 saturated carbocycles. The van der Waals surface area contributed by atoms with E-state index in [1.807, 2.05) is 61.1 Å². The Morgan fingerprint density at radius 3 is 2.32 bits per heavy atom. The number of aliphatic imine (C=N–C) groups is 1. The molecule has 4 nitrogen and oxygen atoms in total. The number of hydrogen-bond acceptors (Lipinski definition) is 2. The zero-order valence-corrected chi connectivity index (χ0v) is 15.2. The van der Waals surface area contributed by atoms with Crippen molar-refractivity contribution >= 4 is 23.5 Å². The van der Waals surface area contributed by atoms with Gasteiger partial charge in [-0.3, -0.25) is 9.79 Å². The minimum atomic E-state index is -0.477. The molecule has 0 spiro atoms. The summed E-state index contributed by atoms with van der Waals surface area (Å²) in [6.07, 6.45) is 1.79. The molecule has 128 valence electrons. The molecule has 1 aliphatic rings. The molecule has 0 fully saturated rings. The highest BCUT2D eigenvalue weighted by Gasteiger charge is 2.44. The number of hydrazine groups is 1. The lowest BCUT2D eigenvalue weighted by atomic mass is 10.0. The molecular weight excluding hydrogens is 310 g/mol. The van der Waals surface area contributed by atoms with E-state index in [1.54, 1.807) is 11.2 Å². The van der Waals surface area contributed by atoms with Crippen molar-refractivity contribution in [2.45, 2.75) is 32.7 Å². The molecule has 1 aliphatic heterocycles. The van der Waals surface area contributed by atoms with Gasteiger partial charge in [-0.25, -0.2) is 0 Å². The van der Waals surface area contributed by atoms with Gasteiger partial charge in [-0.2, -0.15) is 0 Å². The van der Waals surface area contributed by atoms with Crippen LogP contribution < -0.4 is 5.01 Å². The van der Waals surface area contributed by atoms with Gasteiger partial charge in [0.05, 0.1) is 0 Å². The minimum absolute atomic E-state index is 0.0266. The number of carbonyl (C=O) groups is 1. The highest BCUT2D eigenvalue weighted by Crippen LogP contribution is 2.21. The number of benzene rings is 2. The molecule has 0 saturated heterocycles. The van der Waals surface area contributed by atoms with Gasteiger partial charge in [0.1, 0.15) is 5.69 Å². The number of hydrazone groups is 1. The Kier molecular flexibility index (Phi) is 4.79. The summed E-state index contributed by atoms with van der Waals surface area (Å²) in [5.41, 5.74) is 4.08. The summed E-state index contributed by atoms with van der Waals surface area (Å²) in [4.78, 5) is 17.4. The van der Waals surface area contributed by atoms with Crippen LogP contribution >= 0.6 is 0 Å². The van der Waals surface area contributed by atoms with Gasteiger partial charge in [0.25, 0.3) is 0 Å². The highest BCUT2D eigenvalue weighted by molar-refractivity contribution is 6.15. The summed E-state index contributed by atoms with van der Waals surface area (Å²) in [5.74, 6) is 0.479. The molecule has 4 heteroatoms. The number of anilines is 1. The van der Waals surface area contributed by atoms with Crippen molar-refractivity contribution in [3.8, 4) is 0 Å². The highest BCUT2D eigenvalue weighted by atomic mass is 16.2. The van der Waals surface area contributed by atoms with Crippen LogP contribution in [0.5, 0.6) is 0 Å². The number of rotatable bonds is 4. The van der Waals surface area contributed by atoms with Crippen LogP contribution in [0.25, 0.3) is 0 Å². The largest absolute Gasteiger partial charge is 0.318 e. The molecule has 1 amide bonds. The van der Waals surface area contributed by atoms with Crippen molar-refractivity contribution in [3.63, 3.8) is 0 Å². The standard InChI is InChI=1S/C21H24N3O/c1-15(2)18-12-10-17(11-13-18)14-22-20-16(3)23(4)24(21(20)25)19-8-6-5-7-9-19/h5-15,20H,1-4H3/q+1/t20-/m0/s1. The molecule has 0 bridgehead atoms. The number of carbonyl (C=O) groups excluding carboxylic acids is 1. The minimum Gasteiger partial charge on any atom is -0.268 e. The lowest BCUT2D eigenvalue weighted by Gasteiger charge is -2.10. The summed E-state index contributed by atoms with van der Waals surface area (Å²) in [6.45, 7) is 6.30. The van der Waals surface area contributed by atoms with E-state index in [2.05, 4.69) is 31.0 Å². The monoisotopic (exact) mass is 334 g/mol. The van der Waals surface area contributed by atoms with E-state index in [1.165, 1.54) is 5.56 Å². The second kappa shape index (κ2) is 7.01. The number of nitrogens with zero attached hydrogens (tertiary/aromatic N) is 3. The second-order valence-electron chi connectivity index (χ2n) is 6.65. The predicted octanol–water partition coefficient (Wildman–Crippen LogP) is 3.66. The fourth-order valence-corrected chi connectivity index (χ4v) is 2.95. The number of amides is 1. The molecule has 0 aliphatic carbocycles. The van der Waals surface area contributed by atoms with E-state index >= 15 is 0 Å². The second-order valence-corrected chi connectivity index (χ2v) is 6.65. The molecular formula is C21H24N3O+. The van der Waals surface area contributed by atoms with Gasteiger partial charge in [0.2, 0.25) is 11.8 Å². The Morgan fingerprint density at radius 1 is 1.08 bits per heavy atom. The van der Waals surface area contributed by atoms with Crippen LogP contribution in [0.15, 0.2) is 59.6 Å². The Balaban J connectivity index is 1.82. The SMILES string of the molecule is CC1=[N+](C)N(c2ccccc2)C(=O)[C@H]1N=Cc1ccc(C(C)C)cc1. The van der Waals surface area contributed by atoms with E-state index < -0.39 is 6.04 Å². The van der Waals surface area contributed by atoms with Crippen LogP contribution in [0.4, 0.5) is 5.69 Å². The average Bonchev–Trinajstić information content (AvgIpc) is 2.83. The molecule has 25 heavy (non-hydrogen) atoms. The van der Waals surface area contributed by atoms with Crippen molar-refractivity contribution in [2.24, 2.45) is 4.99 Å². The number of hydrogen-bond donors (Lipinski definition) is 0. The van der Waals surface area contributed by atoms with Gasteiger partial charge in [-0.05, 0) is 29.2 Å². The van der Waals surface area contributed by atoms with Gasteiger partial charge >= 0.3 is 5.91 Å². The summed E-state index contributed by atoms with van der Waals surface area (Å²) in [6, 6.07) is 17.5. The molecule has 0 radical (unpaired) electrons. The maximum atomic E-state index is 12.8. The van der Waals surface area contributed by atoms with Gasteiger partial charge in [-0.15, -0.1) is 4.68 Å². The van der Waals surface area contributed by atoms with Gasteiger partial charge in [-0.1, -0.05) is 61.3 Å². The Morgan fingerprint density at radius 2 is 1.72 bits per heavy atom. The van der Waals surface area contributed by atoms with Gasteiger partial charge in [0, 0.05) is 13.1 Å². The molecule has 1 heterocycles. The first-order valence-electron chi connectivity index (χ1n) is 8.58. The fourth-order valence-electron chi connectivity index (χ4n) is 2.95. The van der Waals surface area contributed by atoms with Crippen molar-refractivity contribution in [2.75, 3.05) is 12.1 Å². The van der Waals surface area contributed by atoms with Crippen molar-refractivity contribution in [3.05, 3.63) is 65.7 Å². The quantitative estimate of drug-likeness (QED) is 0.621. The third kappa shape index (κ3) is 3.38. The van der Waals surface area contributed by atoms with Crippen molar-refractivity contribution in [1.29, 1.82) is 0 Å². The van der Waals surface area contributed by atoms with Crippen LogP contribution in [0.2, 0.25) is 0 Å². The van der Waals surface area contributed by atoms with Crippen LogP contribution in [-0.2, 0) is 4.79 Å².